The average molecular weight is 248 g/mol. The van der Waals surface area contributed by atoms with Gasteiger partial charge in [-0.2, -0.15) is 0 Å². The Bertz CT molecular complexity index is 408. The Balaban J connectivity index is 2.56. The lowest BCUT2D eigenvalue weighted by atomic mass is 10.1. The predicted octanol–water partition coefficient (Wildman–Crippen LogP) is 2.17. The summed E-state index contributed by atoms with van der Waals surface area (Å²) in [6.07, 6.45) is 0. The number of nitrogens with zero attached hydrogens (tertiary/aromatic N) is 1. The summed E-state index contributed by atoms with van der Waals surface area (Å²) >= 11 is 0. The summed E-state index contributed by atoms with van der Waals surface area (Å²) in [5.74, 6) is -0.00899. The Hall–Kier alpha value is -1.68. The number of carbonyl (C=O) groups excluding carboxylic acids is 2. The molecule has 98 valence electrons. The van der Waals surface area contributed by atoms with Crippen LogP contribution in [-0.2, 0) is 4.79 Å². The number of nitrogens with one attached hydrogen (secondary N) is 1. The average Bonchev–Trinajstić information content (AvgIpc) is 2.36. The van der Waals surface area contributed by atoms with E-state index in [1.807, 2.05) is 18.7 Å². The quantitative estimate of drug-likeness (QED) is 0.785. The van der Waals surface area contributed by atoms with Gasteiger partial charge in [-0.15, -0.1) is 0 Å². The number of benzene rings is 1. The molecule has 4 heteroatoms. The van der Waals surface area contributed by atoms with Gasteiger partial charge in [0.15, 0.2) is 5.78 Å². The molecule has 0 saturated heterocycles. The smallest absolute Gasteiger partial charge is 0.238 e. The molecule has 18 heavy (non-hydrogen) atoms. The molecule has 1 rings (SSSR count). The van der Waals surface area contributed by atoms with Crippen molar-refractivity contribution in [3.63, 3.8) is 0 Å². The number of hydrogen-bond acceptors (Lipinski definition) is 3. The van der Waals surface area contributed by atoms with Crippen molar-refractivity contribution in [3.8, 4) is 0 Å². The van der Waals surface area contributed by atoms with Gasteiger partial charge in [0.1, 0.15) is 0 Å². The van der Waals surface area contributed by atoms with Crippen LogP contribution in [0.3, 0.4) is 0 Å². The molecule has 0 aromatic heterocycles. The predicted molar refractivity (Wildman–Crippen MR) is 72.9 cm³/mol. The second-order valence-electron chi connectivity index (χ2n) is 4.14. The highest BCUT2D eigenvalue weighted by molar-refractivity contribution is 5.96. The van der Waals surface area contributed by atoms with Crippen LogP contribution >= 0.6 is 0 Å². The standard InChI is InChI=1S/C14H20N2O2/c1-4-16(5-2)10-14(18)15-13-8-6-12(7-9-13)11(3)17/h6-9H,4-5,10H2,1-3H3,(H,15,18). The first kappa shape index (κ1) is 14.4. The van der Waals surface area contributed by atoms with Gasteiger partial charge < -0.3 is 5.32 Å². The van der Waals surface area contributed by atoms with E-state index < -0.39 is 0 Å². The second-order valence-corrected chi connectivity index (χ2v) is 4.14. The van der Waals surface area contributed by atoms with E-state index in [1.165, 1.54) is 6.92 Å². The third-order valence-corrected chi connectivity index (χ3v) is 2.84. The zero-order valence-corrected chi connectivity index (χ0v) is 11.2. The second kappa shape index (κ2) is 6.91. The number of amides is 1. The molecule has 0 aliphatic rings. The summed E-state index contributed by atoms with van der Waals surface area (Å²) < 4.78 is 0. The molecule has 0 heterocycles. The van der Waals surface area contributed by atoms with Gasteiger partial charge in [-0.1, -0.05) is 13.8 Å². The van der Waals surface area contributed by atoms with Gasteiger partial charge in [0.25, 0.3) is 0 Å². The highest BCUT2D eigenvalue weighted by atomic mass is 16.2. The van der Waals surface area contributed by atoms with Crippen molar-refractivity contribution in [2.45, 2.75) is 20.8 Å². The molecule has 1 aromatic carbocycles. The molecule has 0 unspecified atom stereocenters. The maximum absolute atomic E-state index is 11.7. The molecule has 1 aromatic rings. The zero-order chi connectivity index (χ0) is 13.5. The molecule has 0 spiro atoms. The molecule has 0 aliphatic carbocycles. The number of likely N-dealkylation sites (N-methyl/N-ethyl adjacent to an activating group) is 1. The van der Waals surface area contributed by atoms with Crippen molar-refractivity contribution in [1.82, 2.24) is 4.90 Å². The van der Waals surface area contributed by atoms with Crippen LogP contribution in [0.25, 0.3) is 0 Å². The van der Waals surface area contributed by atoms with E-state index in [1.54, 1.807) is 24.3 Å². The first-order valence-electron chi connectivity index (χ1n) is 6.20. The summed E-state index contributed by atoms with van der Waals surface area (Å²) in [5, 5.41) is 2.82. The van der Waals surface area contributed by atoms with Gasteiger partial charge in [0.05, 0.1) is 6.54 Å². The summed E-state index contributed by atoms with van der Waals surface area (Å²) in [7, 11) is 0. The fourth-order valence-electron chi connectivity index (χ4n) is 1.64. The summed E-state index contributed by atoms with van der Waals surface area (Å²) in [5.41, 5.74) is 1.37. The van der Waals surface area contributed by atoms with Crippen LogP contribution in [0.2, 0.25) is 0 Å². The van der Waals surface area contributed by atoms with Crippen LogP contribution in [0.4, 0.5) is 5.69 Å². The maximum Gasteiger partial charge on any atom is 0.238 e. The molecular weight excluding hydrogens is 228 g/mol. The molecule has 4 nitrogen and oxygen atoms in total. The molecule has 0 aliphatic heterocycles. The van der Waals surface area contributed by atoms with E-state index in [0.29, 0.717) is 12.1 Å². The monoisotopic (exact) mass is 248 g/mol. The van der Waals surface area contributed by atoms with Crippen molar-refractivity contribution >= 4 is 17.4 Å². The number of rotatable bonds is 6. The molecule has 0 fully saturated rings. The number of carbonyl (C=O) groups is 2. The van der Waals surface area contributed by atoms with Crippen molar-refractivity contribution < 1.29 is 9.59 Å². The SMILES string of the molecule is CCN(CC)CC(=O)Nc1ccc(C(C)=O)cc1. The van der Waals surface area contributed by atoms with Crippen LogP contribution in [0.5, 0.6) is 0 Å². The lowest BCUT2D eigenvalue weighted by Gasteiger charge is -2.17. The lowest BCUT2D eigenvalue weighted by Crippen LogP contribution is -2.32. The molecule has 0 radical (unpaired) electrons. The van der Waals surface area contributed by atoms with Crippen LogP contribution in [0.1, 0.15) is 31.1 Å². The topological polar surface area (TPSA) is 49.4 Å². The normalized spacial score (nSPS) is 10.4. The summed E-state index contributed by atoms with van der Waals surface area (Å²) in [4.78, 5) is 24.9. The molecular formula is C14H20N2O2. The van der Waals surface area contributed by atoms with Gasteiger partial charge in [-0.05, 0) is 44.3 Å². The molecule has 1 N–H and O–H groups in total. The van der Waals surface area contributed by atoms with Crippen LogP contribution in [0, 0.1) is 0 Å². The van der Waals surface area contributed by atoms with Crippen molar-refractivity contribution in [2.75, 3.05) is 25.0 Å². The molecule has 0 saturated carbocycles. The van der Waals surface area contributed by atoms with Gasteiger partial charge >= 0.3 is 0 Å². The van der Waals surface area contributed by atoms with E-state index in [0.717, 1.165) is 18.8 Å². The zero-order valence-electron chi connectivity index (χ0n) is 11.2. The molecule has 0 atom stereocenters. The van der Waals surface area contributed by atoms with E-state index in [4.69, 9.17) is 0 Å². The fraction of sp³-hybridized carbons (Fsp3) is 0.429. The largest absolute Gasteiger partial charge is 0.325 e. The van der Waals surface area contributed by atoms with Crippen LogP contribution in [-0.4, -0.2) is 36.2 Å². The third-order valence-electron chi connectivity index (χ3n) is 2.84. The van der Waals surface area contributed by atoms with Gasteiger partial charge in [-0.25, -0.2) is 0 Å². The van der Waals surface area contributed by atoms with Crippen molar-refractivity contribution in [1.29, 1.82) is 0 Å². The Morgan fingerprint density at radius 2 is 1.67 bits per heavy atom. The van der Waals surface area contributed by atoms with Crippen molar-refractivity contribution in [3.05, 3.63) is 29.8 Å². The summed E-state index contributed by atoms with van der Waals surface area (Å²) in [6, 6.07) is 6.93. The van der Waals surface area contributed by atoms with Gasteiger partial charge in [0.2, 0.25) is 5.91 Å². The summed E-state index contributed by atoms with van der Waals surface area (Å²) in [6.45, 7) is 7.67. The van der Waals surface area contributed by atoms with E-state index >= 15 is 0 Å². The van der Waals surface area contributed by atoms with E-state index in [-0.39, 0.29) is 11.7 Å². The van der Waals surface area contributed by atoms with Crippen molar-refractivity contribution in [2.24, 2.45) is 0 Å². The van der Waals surface area contributed by atoms with Crippen LogP contribution in [0.15, 0.2) is 24.3 Å². The van der Waals surface area contributed by atoms with E-state index in [9.17, 15) is 9.59 Å². The fourth-order valence-corrected chi connectivity index (χ4v) is 1.64. The number of hydrogen-bond donors (Lipinski definition) is 1. The Labute approximate surface area is 108 Å². The van der Waals surface area contributed by atoms with Gasteiger partial charge in [-0.3, -0.25) is 14.5 Å². The lowest BCUT2D eigenvalue weighted by molar-refractivity contribution is -0.117. The molecule has 1 amide bonds. The first-order chi connectivity index (χ1) is 8.56. The molecule has 0 bridgehead atoms. The number of anilines is 1. The Morgan fingerprint density at radius 1 is 1.11 bits per heavy atom. The van der Waals surface area contributed by atoms with Crippen LogP contribution < -0.4 is 5.32 Å². The van der Waals surface area contributed by atoms with Gasteiger partial charge in [0, 0.05) is 11.3 Å². The minimum atomic E-state index is -0.0331. The minimum absolute atomic E-state index is 0.0241. The first-order valence-corrected chi connectivity index (χ1v) is 6.20. The minimum Gasteiger partial charge on any atom is -0.325 e. The number of ketones is 1. The maximum atomic E-state index is 11.7. The Kier molecular flexibility index (Phi) is 5.52. The van der Waals surface area contributed by atoms with E-state index in [2.05, 4.69) is 5.32 Å². The highest BCUT2D eigenvalue weighted by Gasteiger charge is 2.07. The number of Topliss-reactive ketones (excluding diaryl/α,β-unsaturated/α-hetero) is 1. The third kappa shape index (κ3) is 4.30. The highest BCUT2D eigenvalue weighted by Crippen LogP contribution is 2.10. The Morgan fingerprint density at radius 3 is 2.11 bits per heavy atom.